The topological polar surface area (TPSA) is 85.9 Å². The lowest BCUT2D eigenvalue weighted by atomic mass is 10.1. The van der Waals surface area contributed by atoms with Crippen molar-refractivity contribution in [1.82, 2.24) is 5.32 Å². The van der Waals surface area contributed by atoms with E-state index >= 15 is 0 Å². The van der Waals surface area contributed by atoms with Crippen molar-refractivity contribution in [3.05, 3.63) is 53.6 Å². The summed E-state index contributed by atoms with van der Waals surface area (Å²) >= 11 is 0. The Morgan fingerprint density at radius 1 is 1.00 bits per heavy atom. The van der Waals surface area contributed by atoms with E-state index in [1.807, 2.05) is 37.3 Å². The Balaban J connectivity index is 2.11. The van der Waals surface area contributed by atoms with Gasteiger partial charge in [0.25, 0.3) is 0 Å². The van der Waals surface area contributed by atoms with Crippen LogP contribution in [0.4, 0.5) is 5.69 Å². The molecule has 7 heteroatoms. The zero-order valence-electron chi connectivity index (χ0n) is 15.9. The van der Waals surface area contributed by atoms with Crippen molar-refractivity contribution in [1.29, 1.82) is 0 Å². The summed E-state index contributed by atoms with van der Waals surface area (Å²) < 4.78 is 15.3. The zero-order valence-corrected chi connectivity index (χ0v) is 15.9. The maximum absolute atomic E-state index is 12.3. The van der Waals surface area contributed by atoms with Crippen LogP contribution >= 0.6 is 0 Å². The maximum atomic E-state index is 12.3. The fourth-order valence-electron chi connectivity index (χ4n) is 2.60. The van der Waals surface area contributed by atoms with Crippen molar-refractivity contribution in [3.8, 4) is 11.5 Å². The summed E-state index contributed by atoms with van der Waals surface area (Å²) in [6.45, 7) is 1.89. The van der Waals surface area contributed by atoms with Crippen molar-refractivity contribution in [3.63, 3.8) is 0 Å². The van der Waals surface area contributed by atoms with E-state index in [0.29, 0.717) is 17.2 Å². The summed E-state index contributed by atoms with van der Waals surface area (Å²) in [6, 6.07) is 12.6. The fourth-order valence-corrected chi connectivity index (χ4v) is 2.60. The zero-order chi connectivity index (χ0) is 19.8. The van der Waals surface area contributed by atoms with Crippen LogP contribution < -0.4 is 20.1 Å². The molecule has 0 radical (unpaired) electrons. The number of hydrogen-bond acceptors (Lipinski definition) is 6. The molecule has 2 rings (SSSR count). The molecule has 0 bridgehead atoms. The number of hydrogen-bond donors (Lipinski definition) is 2. The molecule has 0 fully saturated rings. The number of carbonyl (C=O) groups excluding carboxylic acids is 2. The number of ether oxygens (including phenoxy) is 3. The molecular formula is C20H24N2O5. The second-order valence-corrected chi connectivity index (χ2v) is 5.80. The molecule has 0 aliphatic rings. The van der Waals surface area contributed by atoms with E-state index in [1.165, 1.54) is 27.4 Å². The maximum Gasteiger partial charge on any atom is 0.340 e. The highest BCUT2D eigenvalue weighted by Crippen LogP contribution is 2.33. The first kappa shape index (κ1) is 20.1. The van der Waals surface area contributed by atoms with Gasteiger partial charge in [0.05, 0.1) is 45.2 Å². The van der Waals surface area contributed by atoms with Crippen molar-refractivity contribution >= 4 is 17.6 Å². The van der Waals surface area contributed by atoms with Crippen LogP contribution in [0.2, 0.25) is 0 Å². The highest BCUT2D eigenvalue weighted by molar-refractivity contribution is 5.97. The predicted molar refractivity (Wildman–Crippen MR) is 102 cm³/mol. The molecule has 0 saturated carbocycles. The molecule has 0 spiro atoms. The van der Waals surface area contributed by atoms with E-state index in [9.17, 15) is 9.59 Å². The number of rotatable bonds is 8. The molecular weight excluding hydrogens is 348 g/mol. The van der Waals surface area contributed by atoms with Crippen LogP contribution in [-0.4, -0.2) is 39.8 Å². The molecule has 0 aromatic heterocycles. The Morgan fingerprint density at radius 3 is 2.22 bits per heavy atom. The van der Waals surface area contributed by atoms with Gasteiger partial charge in [-0.2, -0.15) is 0 Å². The molecule has 2 N–H and O–H groups in total. The summed E-state index contributed by atoms with van der Waals surface area (Å²) in [7, 11) is 4.26. The highest BCUT2D eigenvalue weighted by Gasteiger charge is 2.18. The van der Waals surface area contributed by atoms with Crippen LogP contribution in [0.5, 0.6) is 11.5 Å². The Labute approximate surface area is 158 Å². The lowest BCUT2D eigenvalue weighted by Gasteiger charge is -2.17. The van der Waals surface area contributed by atoms with Gasteiger partial charge in [-0.3, -0.25) is 4.79 Å². The molecule has 0 aliphatic carbocycles. The number of methoxy groups -OCH3 is 3. The Bertz CT molecular complexity index is 792. The van der Waals surface area contributed by atoms with Crippen LogP contribution in [-0.2, 0) is 9.53 Å². The van der Waals surface area contributed by atoms with Crippen LogP contribution in [0.1, 0.15) is 28.9 Å². The summed E-state index contributed by atoms with van der Waals surface area (Å²) in [4.78, 5) is 24.3. The summed E-state index contributed by atoms with van der Waals surface area (Å²) in [5.74, 6) is 0.0739. The smallest absolute Gasteiger partial charge is 0.340 e. The molecule has 144 valence electrons. The first-order valence-corrected chi connectivity index (χ1v) is 8.42. The number of amides is 1. The first-order valence-electron chi connectivity index (χ1n) is 8.42. The fraction of sp³-hybridized carbons (Fsp3) is 0.300. The minimum absolute atomic E-state index is 0.0172. The third-order valence-corrected chi connectivity index (χ3v) is 4.05. The standard InChI is InChI=1S/C20H24N2O5/c1-13(14-8-6-5-7-9-14)22-19(23)12-21-16-11-18(26-3)17(25-2)10-15(16)20(24)27-4/h5-11,13,21H,12H2,1-4H3,(H,22,23)/t13-/m1/s1. The minimum atomic E-state index is -0.545. The quantitative estimate of drug-likeness (QED) is 0.693. The average molecular weight is 372 g/mol. The van der Waals surface area contributed by atoms with Crippen LogP contribution in [0.25, 0.3) is 0 Å². The Morgan fingerprint density at radius 2 is 1.63 bits per heavy atom. The predicted octanol–water partition coefficient (Wildman–Crippen LogP) is 2.78. The Kier molecular flexibility index (Phi) is 7.05. The van der Waals surface area contributed by atoms with Gasteiger partial charge in [0, 0.05) is 12.1 Å². The van der Waals surface area contributed by atoms with Gasteiger partial charge in [0.15, 0.2) is 11.5 Å². The molecule has 7 nitrogen and oxygen atoms in total. The van der Waals surface area contributed by atoms with E-state index in [-0.39, 0.29) is 24.1 Å². The van der Waals surface area contributed by atoms with Crippen molar-refractivity contribution < 1.29 is 23.8 Å². The van der Waals surface area contributed by atoms with E-state index in [1.54, 1.807) is 6.07 Å². The molecule has 0 unspecified atom stereocenters. The van der Waals surface area contributed by atoms with Gasteiger partial charge in [-0.1, -0.05) is 30.3 Å². The third kappa shape index (κ3) is 5.13. The SMILES string of the molecule is COC(=O)c1cc(OC)c(OC)cc1NCC(=O)N[C@H](C)c1ccccc1. The van der Waals surface area contributed by atoms with Gasteiger partial charge in [0.2, 0.25) is 5.91 Å². The van der Waals surface area contributed by atoms with Gasteiger partial charge in [-0.05, 0) is 12.5 Å². The van der Waals surface area contributed by atoms with E-state index < -0.39 is 5.97 Å². The largest absolute Gasteiger partial charge is 0.493 e. The second-order valence-electron chi connectivity index (χ2n) is 5.80. The highest BCUT2D eigenvalue weighted by atomic mass is 16.5. The van der Waals surface area contributed by atoms with Gasteiger partial charge >= 0.3 is 5.97 Å². The lowest BCUT2D eigenvalue weighted by molar-refractivity contribution is -0.120. The van der Waals surface area contributed by atoms with Crippen LogP contribution in [0.3, 0.4) is 0 Å². The summed E-state index contributed by atoms with van der Waals surface area (Å²) in [5.41, 5.74) is 1.67. The van der Waals surface area contributed by atoms with Crippen molar-refractivity contribution in [2.75, 3.05) is 33.2 Å². The normalized spacial score (nSPS) is 11.3. The molecule has 1 atom stereocenters. The Hall–Kier alpha value is -3.22. The van der Waals surface area contributed by atoms with Crippen LogP contribution in [0, 0.1) is 0 Å². The molecule has 0 saturated heterocycles. The molecule has 27 heavy (non-hydrogen) atoms. The number of esters is 1. The monoisotopic (exact) mass is 372 g/mol. The molecule has 0 heterocycles. The number of nitrogens with one attached hydrogen (secondary N) is 2. The van der Waals surface area contributed by atoms with E-state index in [2.05, 4.69) is 10.6 Å². The molecule has 1 amide bonds. The van der Waals surface area contributed by atoms with Crippen molar-refractivity contribution in [2.45, 2.75) is 13.0 Å². The minimum Gasteiger partial charge on any atom is -0.493 e. The van der Waals surface area contributed by atoms with Gasteiger partial charge in [-0.25, -0.2) is 4.79 Å². The van der Waals surface area contributed by atoms with Crippen molar-refractivity contribution in [2.24, 2.45) is 0 Å². The summed E-state index contributed by atoms with van der Waals surface area (Å²) in [6.07, 6.45) is 0. The second kappa shape index (κ2) is 9.47. The first-order chi connectivity index (χ1) is 13.0. The van der Waals surface area contributed by atoms with Gasteiger partial charge < -0.3 is 24.8 Å². The van der Waals surface area contributed by atoms with E-state index in [0.717, 1.165) is 5.56 Å². The average Bonchev–Trinajstić information content (AvgIpc) is 2.71. The number of carbonyl (C=O) groups is 2. The lowest BCUT2D eigenvalue weighted by Crippen LogP contribution is -2.32. The van der Waals surface area contributed by atoms with Gasteiger partial charge in [0.1, 0.15) is 0 Å². The summed E-state index contributed by atoms with van der Waals surface area (Å²) in [5, 5.41) is 5.87. The van der Waals surface area contributed by atoms with E-state index in [4.69, 9.17) is 14.2 Å². The van der Waals surface area contributed by atoms with Crippen LogP contribution in [0.15, 0.2) is 42.5 Å². The third-order valence-electron chi connectivity index (χ3n) is 4.05. The number of benzene rings is 2. The number of anilines is 1. The molecule has 0 aliphatic heterocycles. The molecule has 2 aromatic rings. The van der Waals surface area contributed by atoms with Gasteiger partial charge in [-0.15, -0.1) is 0 Å². The molecule has 2 aromatic carbocycles.